The summed E-state index contributed by atoms with van der Waals surface area (Å²) in [6, 6.07) is 14.0. The maximum absolute atomic E-state index is 14.4. The maximum Gasteiger partial charge on any atom is 0.417 e. The van der Waals surface area contributed by atoms with E-state index in [0.717, 1.165) is 36.4 Å². The Hall–Kier alpha value is -2.53. The van der Waals surface area contributed by atoms with Gasteiger partial charge < -0.3 is 4.57 Å². The molecule has 0 bridgehead atoms. The third-order valence-corrected chi connectivity index (χ3v) is 7.87. The second-order valence-electron chi connectivity index (χ2n) is 6.43. The zero-order valence-electron chi connectivity index (χ0n) is 15.1. The fourth-order valence-corrected chi connectivity index (χ4v) is 6.60. The molecule has 0 saturated carbocycles. The molecule has 0 saturated heterocycles. The van der Waals surface area contributed by atoms with Crippen LogP contribution >= 0.6 is 7.14 Å². The van der Waals surface area contributed by atoms with Crippen LogP contribution in [0.15, 0.2) is 72.8 Å². The summed E-state index contributed by atoms with van der Waals surface area (Å²) in [6.45, 7) is 1.51. The summed E-state index contributed by atoms with van der Waals surface area (Å²) in [6.07, 6.45) is -9.77. The van der Waals surface area contributed by atoms with Crippen LogP contribution in [0.2, 0.25) is 0 Å². The predicted octanol–water partition coefficient (Wildman–Crippen LogP) is 5.67. The van der Waals surface area contributed by atoms with Gasteiger partial charge in [0.25, 0.3) is 0 Å². The molecular weight excluding hydrogens is 413 g/mol. The van der Waals surface area contributed by atoms with E-state index in [1.165, 1.54) is 37.3 Å². The standard InChI is InChI=1S/C21H15F6OP/c1-14-8-2-5-11-17(14)29(28,18-12-6-3-9-15(18)20(22,23)24)19-13-7-4-10-16(19)21(25,26)27/h2-13H,1H3. The number of alkyl halides is 6. The van der Waals surface area contributed by atoms with Gasteiger partial charge in [-0.15, -0.1) is 0 Å². The Morgan fingerprint density at radius 1 is 0.586 bits per heavy atom. The molecule has 152 valence electrons. The smallest absolute Gasteiger partial charge is 0.309 e. The summed E-state index contributed by atoms with van der Waals surface area (Å²) < 4.78 is 96.6. The second-order valence-corrected chi connectivity index (χ2v) is 9.09. The molecule has 0 N–H and O–H groups in total. The average Bonchev–Trinajstić information content (AvgIpc) is 2.66. The molecule has 0 amide bonds. The Bertz CT molecular complexity index is 1020. The molecule has 0 aliphatic heterocycles. The minimum absolute atomic E-state index is 0.0617. The Morgan fingerprint density at radius 3 is 1.31 bits per heavy atom. The van der Waals surface area contributed by atoms with Gasteiger partial charge in [-0.25, -0.2) is 0 Å². The fraction of sp³-hybridized carbons (Fsp3) is 0.143. The van der Waals surface area contributed by atoms with Crippen LogP contribution in [0.5, 0.6) is 0 Å². The van der Waals surface area contributed by atoms with Crippen molar-refractivity contribution in [3.63, 3.8) is 0 Å². The molecule has 3 aromatic carbocycles. The lowest BCUT2D eigenvalue weighted by Gasteiger charge is -2.27. The van der Waals surface area contributed by atoms with E-state index in [1.807, 2.05) is 0 Å². The van der Waals surface area contributed by atoms with Crippen molar-refractivity contribution in [2.24, 2.45) is 0 Å². The van der Waals surface area contributed by atoms with Gasteiger partial charge in [0.2, 0.25) is 0 Å². The van der Waals surface area contributed by atoms with Crippen LogP contribution < -0.4 is 15.9 Å². The Balaban J connectivity index is 2.50. The van der Waals surface area contributed by atoms with Gasteiger partial charge in [-0.2, -0.15) is 26.3 Å². The quantitative estimate of drug-likeness (QED) is 0.388. The largest absolute Gasteiger partial charge is 0.417 e. The third kappa shape index (κ3) is 3.84. The summed E-state index contributed by atoms with van der Waals surface area (Å²) in [4.78, 5) is 0. The van der Waals surface area contributed by atoms with Crippen LogP contribution in [0.1, 0.15) is 16.7 Å². The van der Waals surface area contributed by atoms with E-state index in [9.17, 15) is 30.9 Å². The molecule has 3 aromatic rings. The van der Waals surface area contributed by atoms with Crippen molar-refractivity contribution in [3.8, 4) is 0 Å². The van der Waals surface area contributed by atoms with Crippen LogP contribution in [-0.4, -0.2) is 0 Å². The summed E-state index contributed by atoms with van der Waals surface area (Å²) in [7, 11) is -4.52. The highest BCUT2D eigenvalue weighted by atomic mass is 31.2. The summed E-state index contributed by atoms with van der Waals surface area (Å²) >= 11 is 0. The minimum Gasteiger partial charge on any atom is -0.309 e. The van der Waals surface area contributed by atoms with Gasteiger partial charge in [-0.1, -0.05) is 60.7 Å². The lowest BCUT2D eigenvalue weighted by Crippen LogP contribution is -2.34. The highest BCUT2D eigenvalue weighted by molar-refractivity contribution is 7.85. The highest BCUT2D eigenvalue weighted by Crippen LogP contribution is 2.49. The molecule has 0 unspecified atom stereocenters. The van der Waals surface area contributed by atoms with Crippen LogP contribution in [0.4, 0.5) is 26.3 Å². The number of rotatable bonds is 3. The molecule has 0 aromatic heterocycles. The van der Waals surface area contributed by atoms with Crippen molar-refractivity contribution < 1.29 is 30.9 Å². The molecule has 8 heteroatoms. The summed E-state index contributed by atoms with van der Waals surface area (Å²) in [5, 5.41) is -1.40. The van der Waals surface area contributed by atoms with Crippen LogP contribution in [0, 0.1) is 6.92 Å². The van der Waals surface area contributed by atoms with Crippen molar-refractivity contribution in [1.29, 1.82) is 0 Å². The normalized spacial score (nSPS) is 12.8. The summed E-state index contributed by atoms with van der Waals surface area (Å²) in [5.74, 6) is 0. The first-order valence-electron chi connectivity index (χ1n) is 8.47. The molecular formula is C21H15F6OP. The SMILES string of the molecule is Cc1ccccc1P(=O)(c1ccccc1C(F)(F)F)c1ccccc1C(F)(F)F. The molecule has 0 fully saturated rings. The van der Waals surface area contributed by atoms with Gasteiger partial charge in [0.05, 0.1) is 11.1 Å². The second kappa shape index (κ2) is 7.38. The summed E-state index contributed by atoms with van der Waals surface area (Å²) in [5.41, 5.74) is -2.10. The van der Waals surface area contributed by atoms with Gasteiger partial charge in [0.1, 0.15) is 0 Å². The van der Waals surface area contributed by atoms with Gasteiger partial charge in [0, 0.05) is 15.9 Å². The predicted molar refractivity (Wildman–Crippen MR) is 101 cm³/mol. The van der Waals surface area contributed by atoms with Crippen LogP contribution in [0.25, 0.3) is 0 Å². The molecule has 0 spiro atoms. The highest BCUT2D eigenvalue weighted by Gasteiger charge is 2.45. The first-order chi connectivity index (χ1) is 13.5. The molecule has 0 radical (unpaired) electrons. The van der Waals surface area contributed by atoms with Crippen LogP contribution in [0.3, 0.4) is 0 Å². The zero-order valence-corrected chi connectivity index (χ0v) is 15.9. The van der Waals surface area contributed by atoms with E-state index in [2.05, 4.69) is 0 Å². The molecule has 0 aliphatic rings. The molecule has 29 heavy (non-hydrogen) atoms. The van der Waals surface area contributed by atoms with Crippen molar-refractivity contribution in [3.05, 3.63) is 89.5 Å². The number of aryl methyl sites for hydroxylation is 1. The third-order valence-electron chi connectivity index (χ3n) is 4.55. The molecule has 1 nitrogen and oxygen atoms in total. The Kier molecular flexibility index (Phi) is 5.39. The first kappa shape index (κ1) is 21.2. The Morgan fingerprint density at radius 2 is 0.931 bits per heavy atom. The van der Waals surface area contributed by atoms with Crippen LogP contribution in [-0.2, 0) is 16.9 Å². The monoisotopic (exact) mass is 428 g/mol. The van der Waals surface area contributed by atoms with Crippen molar-refractivity contribution in [1.82, 2.24) is 0 Å². The van der Waals surface area contributed by atoms with E-state index < -0.39 is 41.2 Å². The van der Waals surface area contributed by atoms with E-state index in [1.54, 1.807) is 6.07 Å². The lowest BCUT2D eigenvalue weighted by atomic mass is 10.2. The van der Waals surface area contributed by atoms with Gasteiger partial charge in [-0.3, -0.25) is 0 Å². The van der Waals surface area contributed by atoms with E-state index in [4.69, 9.17) is 0 Å². The Labute approximate surface area is 163 Å². The topological polar surface area (TPSA) is 17.1 Å². The number of hydrogen-bond donors (Lipinski definition) is 0. The number of benzene rings is 3. The fourth-order valence-electron chi connectivity index (χ4n) is 3.28. The van der Waals surface area contributed by atoms with Crippen molar-refractivity contribution >= 4 is 23.1 Å². The molecule has 0 heterocycles. The molecule has 3 rings (SSSR count). The van der Waals surface area contributed by atoms with Crippen molar-refractivity contribution in [2.75, 3.05) is 0 Å². The molecule has 0 atom stereocenters. The number of halogens is 6. The average molecular weight is 428 g/mol. The van der Waals surface area contributed by atoms with Gasteiger partial charge in [0.15, 0.2) is 7.14 Å². The minimum atomic E-state index is -4.89. The lowest BCUT2D eigenvalue weighted by molar-refractivity contribution is -0.137. The van der Waals surface area contributed by atoms with Crippen molar-refractivity contribution in [2.45, 2.75) is 19.3 Å². The van der Waals surface area contributed by atoms with E-state index in [0.29, 0.717) is 5.56 Å². The zero-order chi connectivity index (χ0) is 21.4. The van der Waals surface area contributed by atoms with Gasteiger partial charge in [-0.05, 0) is 24.6 Å². The van der Waals surface area contributed by atoms with Gasteiger partial charge >= 0.3 is 12.4 Å². The van der Waals surface area contributed by atoms with E-state index in [-0.39, 0.29) is 5.30 Å². The molecule has 0 aliphatic carbocycles. The van der Waals surface area contributed by atoms with E-state index >= 15 is 0 Å². The maximum atomic E-state index is 14.4. The number of hydrogen-bond acceptors (Lipinski definition) is 1. The first-order valence-corrected chi connectivity index (χ1v) is 10.2.